The molecule has 0 saturated carbocycles. The molecule has 32 heavy (non-hydrogen) atoms. The smallest absolute Gasteiger partial charge is 0.334 e. The highest BCUT2D eigenvalue weighted by atomic mass is 16.6. The molecule has 164 valence electrons. The number of benzene rings is 2. The van der Waals surface area contributed by atoms with Gasteiger partial charge in [0.05, 0.1) is 16.4 Å². The van der Waals surface area contributed by atoms with E-state index in [0.29, 0.717) is 17.0 Å². The average molecular weight is 433 g/mol. The first-order valence-corrected chi connectivity index (χ1v) is 9.95. The monoisotopic (exact) mass is 433 g/mol. The van der Waals surface area contributed by atoms with Crippen LogP contribution < -0.4 is 10.6 Å². The SMILES string of the molecule is CC1=C(C(=O)O)C(c2ccc([N+](=O)[O-])cc2)C(C(=O)NC/C=C/c2ccccc2)=C(C)N1. The molecule has 0 aromatic heterocycles. The molecule has 3 N–H and O–H groups in total. The molecule has 0 aliphatic carbocycles. The van der Waals surface area contributed by atoms with Crippen molar-refractivity contribution in [3.8, 4) is 0 Å². The molecule has 2 aromatic carbocycles. The summed E-state index contributed by atoms with van der Waals surface area (Å²) >= 11 is 0. The molecule has 1 aliphatic rings. The maximum atomic E-state index is 13.1. The van der Waals surface area contributed by atoms with Crippen LogP contribution in [0.1, 0.15) is 30.9 Å². The van der Waals surface area contributed by atoms with Crippen LogP contribution in [0, 0.1) is 10.1 Å². The van der Waals surface area contributed by atoms with Crippen molar-refractivity contribution >= 4 is 23.6 Å². The first kappa shape index (κ1) is 22.5. The number of carboxylic acid groups (broad SMARTS) is 1. The van der Waals surface area contributed by atoms with Crippen LogP contribution in [0.25, 0.3) is 6.08 Å². The van der Waals surface area contributed by atoms with Gasteiger partial charge < -0.3 is 15.7 Å². The highest BCUT2D eigenvalue weighted by molar-refractivity contribution is 6.01. The molecule has 1 aliphatic heterocycles. The molecule has 0 bridgehead atoms. The Labute approximate surface area is 185 Å². The lowest BCUT2D eigenvalue weighted by molar-refractivity contribution is -0.384. The van der Waals surface area contributed by atoms with E-state index in [1.165, 1.54) is 24.3 Å². The van der Waals surface area contributed by atoms with Crippen LogP contribution >= 0.6 is 0 Å². The number of carbonyl (C=O) groups excluding carboxylic acids is 1. The van der Waals surface area contributed by atoms with Gasteiger partial charge in [-0.15, -0.1) is 0 Å². The lowest BCUT2D eigenvalue weighted by atomic mass is 9.80. The Morgan fingerprint density at radius 3 is 2.28 bits per heavy atom. The maximum Gasteiger partial charge on any atom is 0.334 e. The maximum absolute atomic E-state index is 13.1. The summed E-state index contributed by atoms with van der Waals surface area (Å²) in [7, 11) is 0. The van der Waals surface area contributed by atoms with Crippen molar-refractivity contribution in [1.82, 2.24) is 10.6 Å². The number of dihydropyridines is 1. The summed E-state index contributed by atoms with van der Waals surface area (Å²) in [4.78, 5) is 35.6. The van der Waals surface area contributed by atoms with Crippen molar-refractivity contribution in [2.75, 3.05) is 6.54 Å². The Balaban J connectivity index is 1.89. The standard InChI is InChI=1S/C24H23N3O5/c1-15-20(23(28)25-14-6-9-17-7-4-3-5-8-17)22(21(24(29)30)16(2)26-15)18-10-12-19(13-11-18)27(31)32/h3-13,22,26H,14H2,1-2H3,(H,25,28)(H,29,30)/b9-6+. The summed E-state index contributed by atoms with van der Waals surface area (Å²) in [5.74, 6) is -2.45. The molecular weight excluding hydrogens is 410 g/mol. The first-order valence-electron chi connectivity index (χ1n) is 9.95. The van der Waals surface area contributed by atoms with Gasteiger partial charge in [0.25, 0.3) is 5.69 Å². The second kappa shape index (κ2) is 9.74. The van der Waals surface area contributed by atoms with Gasteiger partial charge in [0.2, 0.25) is 5.91 Å². The summed E-state index contributed by atoms with van der Waals surface area (Å²) < 4.78 is 0. The van der Waals surface area contributed by atoms with Gasteiger partial charge in [-0.1, -0.05) is 54.6 Å². The van der Waals surface area contributed by atoms with Crippen molar-refractivity contribution in [3.63, 3.8) is 0 Å². The zero-order valence-electron chi connectivity index (χ0n) is 17.7. The fourth-order valence-corrected chi connectivity index (χ4v) is 3.71. The topological polar surface area (TPSA) is 122 Å². The summed E-state index contributed by atoms with van der Waals surface area (Å²) in [6.07, 6.45) is 3.68. The zero-order chi connectivity index (χ0) is 23.3. The van der Waals surface area contributed by atoms with E-state index in [0.717, 1.165) is 5.56 Å². The van der Waals surface area contributed by atoms with Crippen LogP contribution in [0.2, 0.25) is 0 Å². The van der Waals surface area contributed by atoms with Crippen LogP contribution in [0.3, 0.4) is 0 Å². The van der Waals surface area contributed by atoms with Gasteiger partial charge in [0, 0.05) is 35.6 Å². The average Bonchev–Trinajstić information content (AvgIpc) is 2.76. The Kier molecular flexibility index (Phi) is 6.84. The van der Waals surface area contributed by atoms with E-state index in [1.54, 1.807) is 19.9 Å². The number of nitro groups is 1. The summed E-state index contributed by atoms with van der Waals surface area (Å²) in [6, 6.07) is 15.2. The fraction of sp³-hybridized carbons (Fsp3) is 0.167. The molecule has 1 heterocycles. The zero-order valence-corrected chi connectivity index (χ0v) is 17.7. The van der Waals surface area contributed by atoms with E-state index in [-0.39, 0.29) is 23.4 Å². The molecule has 0 radical (unpaired) electrons. The van der Waals surface area contributed by atoms with E-state index in [9.17, 15) is 24.8 Å². The third-order valence-electron chi connectivity index (χ3n) is 5.16. The number of carbonyl (C=O) groups is 2. The Hall–Kier alpha value is -4.20. The Bertz CT molecular complexity index is 1130. The van der Waals surface area contributed by atoms with E-state index < -0.39 is 22.7 Å². The molecule has 3 rings (SSSR count). The second-order valence-corrected chi connectivity index (χ2v) is 7.31. The molecule has 8 heteroatoms. The molecule has 0 spiro atoms. The van der Waals surface area contributed by atoms with Crippen molar-refractivity contribution in [2.24, 2.45) is 0 Å². The second-order valence-electron chi connectivity index (χ2n) is 7.31. The minimum atomic E-state index is -1.17. The van der Waals surface area contributed by atoms with E-state index in [1.807, 2.05) is 36.4 Å². The number of amides is 1. The first-order chi connectivity index (χ1) is 15.3. The van der Waals surface area contributed by atoms with Gasteiger partial charge in [-0.3, -0.25) is 14.9 Å². The van der Waals surface area contributed by atoms with E-state index >= 15 is 0 Å². The lowest BCUT2D eigenvalue weighted by Gasteiger charge is -2.30. The predicted octanol–water partition coefficient (Wildman–Crippen LogP) is 3.74. The number of hydrogen-bond donors (Lipinski definition) is 3. The number of nitrogens with zero attached hydrogens (tertiary/aromatic N) is 1. The van der Waals surface area contributed by atoms with Gasteiger partial charge in [0.15, 0.2) is 0 Å². The molecule has 0 fully saturated rings. The van der Waals surface area contributed by atoms with Crippen molar-refractivity contribution in [1.29, 1.82) is 0 Å². The number of carboxylic acids is 1. The van der Waals surface area contributed by atoms with Gasteiger partial charge in [-0.25, -0.2) is 4.79 Å². The quantitative estimate of drug-likeness (QED) is 0.452. The molecule has 8 nitrogen and oxygen atoms in total. The van der Waals surface area contributed by atoms with Crippen LogP contribution in [0.4, 0.5) is 5.69 Å². The molecule has 2 aromatic rings. The summed E-state index contributed by atoms with van der Waals surface area (Å²) in [6.45, 7) is 3.58. The van der Waals surface area contributed by atoms with E-state index in [2.05, 4.69) is 10.6 Å². The Morgan fingerprint density at radius 1 is 1.06 bits per heavy atom. The Morgan fingerprint density at radius 2 is 1.69 bits per heavy atom. The van der Waals surface area contributed by atoms with Crippen LogP contribution in [-0.2, 0) is 9.59 Å². The minimum absolute atomic E-state index is 0.0226. The third-order valence-corrected chi connectivity index (χ3v) is 5.16. The highest BCUT2D eigenvalue weighted by Crippen LogP contribution is 2.38. The fourth-order valence-electron chi connectivity index (χ4n) is 3.71. The number of aliphatic carboxylic acids is 1. The van der Waals surface area contributed by atoms with E-state index in [4.69, 9.17) is 0 Å². The van der Waals surface area contributed by atoms with Gasteiger partial charge in [0.1, 0.15) is 0 Å². The number of nitrogens with one attached hydrogen (secondary N) is 2. The largest absolute Gasteiger partial charge is 0.478 e. The number of hydrogen-bond acceptors (Lipinski definition) is 5. The third kappa shape index (κ3) is 4.92. The number of rotatable bonds is 7. The lowest BCUT2D eigenvalue weighted by Crippen LogP contribution is -2.36. The summed E-state index contributed by atoms with van der Waals surface area (Å²) in [5, 5.41) is 26.6. The normalized spacial score (nSPS) is 16.1. The molecule has 0 saturated heterocycles. The van der Waals surface area contributed by atoms with Crippen LogP contribution in [0.15, 0.2) is 83.2 Å². The highest BCUT2D eigenvalue weighted by Gasteiger charge is 2.36. The predicted molar refractivity (Wildman–Crippen MR) is 120 cm³/mol. The number of allylic oxidation sites excluding steroid dienone is 2. The molecular formula is C24H23N3O5. The number of nitro benzene ring substituents is 1. The summed E-state index contributed by atoms with van der Waals surface area (Å²) in [5.41, 5.74) is 2.59. The van der Waals surface area contributed by atoms with Gasteiger partial charge in [-0.05, 0) is 25.0 Å². The van der Waals surface area contributed by atoms with Gasteiger partial charge >= 0.3 is 5.97 Å². The van der Waals surface area contributed by atoms with Crippen LogP contribution in [0.5, 0.6) is 0 Å². The minimum Gasteiger partial charge on any atom is -0.478 e. The van der Waals surface area contributed by atoms with Crippen molar-refractivity contribution in [3.05, 3.63) is 104 Å². The molecule has 1 unspecified atom stereocenters. The molecule has 1 atom stereocenters. The van der Waals surface area contributed by atoms with Gasteiger partial charge in [-0.2, -0.15) is 0 Å². The molecule has 1 amide bonds. The van der Waals surface area contributed by atoms with Crippen molar-refractivity contribution in [2.45, 2.75) is 19.8 Å². The van der Waals surface area contributed by atoms with Crippen molar-refractivity contribution < 1.29 is 19.6 Å². The number of non-ortho nitro benzene ring substituents is 1. The van der Waals surface area contributed by atoms with Crippen LogP contribution in [-0.4, -0.2) is 28.5 Å².